The summed E-state index contributed by atoms with van der Waals surface area (Å²) in [4.78, 5) is 12.4. The maximum atomic E-state index is 12.4. The van der Waals surface area contributed by atoms with Gasteiger partial charge in [-0.2, -0.15) is 0 Å². The van der Waals surface area contributed by atoms with Crippen molar-refractivity contribution < 1.29 is 4.79 Å². The molecule has 2 aromatic heterocycles. The van der Waals surface area contributed by atoms with Gasteiger partial charge < -0.3 is 9.88 Å². The number of carbonyl (C=O) groups is 1. The highest BCUT2D eigenvalue weighted by atomic mass is 32.1. The number of nitrogens with one attached hydrogen (secondary N) is 1. The summed E-state index contributed by atoms with van der Waals surface area (Å²) in [5.74, 6) is -0.0123. The van der Waals surface area contributed by atoms with Crippen molar-refractivity contribution in [3.8, 4) is 0 Å². The number of fused-ring (bicyclic) bond motifs is 1. The van der Waals surface area contributed by atoms with Gasteiger partial charge in [-0.15, -0.1) is 11.3 Å². The Labute approximate surface area is 128 Å². The van der Waals surface area contributed by atoms with Gasteiger partial charge in [0.05, 0.1) is 10.2 Å². The maximum absolute atomic E-state index is 12.4. The van der Waals surface area contributed by atoms with Gasteiger partial charge in [0.2, 0.25) is 0 Å². The lowest BCUT2D eigenvalue weighted by Gasteiger charge is -2.09. The molecule has 0 saturated carbocycles. The molecule has 3 nitrogen and oxygen atoms in total. The third kappa shape index (κ3) is 2.72. The van der Waals surface area contributed by atoms with E-state index in [0.29, 0.717) is 6.54 Å². The zero-order valence-electron chi connectivity index (χ0n) is 12.2. The van der Waals surface area contributed by atoms with Crippen LogP contribution in [0.1, 0.15) is 28.5 Å². The van der Waals surface area contributed by atoms with Crippen molar-refractivity contribution in [3.63, 3.8) is 0 Å². The fourth-order valence-electron chi connectivity index (χ4n) is 2.60. The molecule has 0 spiro atoms. The zero-order chi connectivity index (χ0) is 14.8. The first-order valence-electron chi connectivity index (χ1n) is 7.09. The Balaban J connectivity index is 1.79. The van der Waals surface area contributed by atoms with Gasteiger partial charge in [0.15, 0.2) is 0 Å². The van der Waals surface area contributed by atoms with E-state index in [2.05, 4.69) is 47.3 Å². The Morgan fingerprint density at radius 2 is 2.14 bits per heavy atom. The summed E-state index contributed by atoms with van der Waals surface area (Å²) < 4.78 is 3.23. The molecule has 108 valence electrons. The van der Waals surface area contributed by atoms with Crippen LogP contribution < -0.4 is 5.32 Å². The first-order chi connectivity index (χ1) is 10.2. The van der Waals surface area contributed by atoms with Gasteiger partial charge in [-0.3, -0.25) is 4.79 Å². The van der Waals surface area contributed by atoms with Crippen molar-refractivity contribution in [1.82, 2.24) is 9.88 Å². The van der Waals surface area contributed by atoms with Crippen LogP contribution in [0.2, 0.25) is 0 Å². The first kappa shape index (κ1) is 13.9. The number of nitrogens with zero attached hydrogens (tertiary/aromatic N) is 1. The van der Waals surface area contributed by atoms with E-state index in [-0.39, 0.29) is 5.91 Å². The van der Waals surface area contributed by atoms with E-state index in [9.17, 15) is 4.79 Å². The Kier molecular flexibility index (Phi) is 3.80. The van der Waals surface area contributed by atoms with E-state index >= 15 is 0 Å². The lowest BCUT2D eigenvalue weighted by molar-refractivity contribution is 0.0942. The van der Waals surface area contributed by atoms with E-state index in [1.54, 1.807) is 11.3 Å². The van der Waals surface area contributed by atoms with E-state index in [4.69, 9.17) is 0 Å². The number of hydrogen-bond acceptors (Lipinski definition) is 2. The molecule has 3 rings (SSSR count). The monoisotopic (exact) mass is 298 g/mol. The van der Waals surface area contributed by atoms with Gasteiger partial charge in [-0.25, -0.2) is 0 Å². The molecule has 1 amide bonds. The van der Waals surface area contributed by atoms with Crippen LogP contribution in [0.5, 0.6) is 0 Å². The average molecular weight is 298 g/mol. The molecule has 0 unspecified atom stereocenters. The van der Waals surface area contributed by atoms with Crippen LogP contribution in [-0.2, 0) is 13.1 Å². The molecule has 21 heavy (non-hydrogen) atoms. The largest absolute Gasteiger partial charge is 0.347 e. The van der Waals surface area contributed by atoms with Crippen molar-refractivity contribution in [2.45, 2.75) is 26.9 Å². The first-order valence-corrected chi connectivity index (χ1v) is 7.97. The van der Waals surface area contributed by atoms with Gasteiger partial charge in [-0.05, 0) is 36.9 Å². The standard InChI is InChI=1S/C17H18N2OS/c1-3-19-14-7-8-21-16(14)10-15(19)17(20)18-11-13-6-4-5-12(2)9-13/h4-10H,3,11H2,1-2H3,(H,18,20). The van der Waals surface area contributed by atoms with Crippen molar-refractivity contribution in [2.75, 3.05) is 0 Å². The van der Waals surface area contributed by atoms with Crippen LogP contribution >= 0.6 is 11.3 Å². The molecule has 0 aliphatic carbocycles. The summed E-state index contributed by atoms with van der Waals surface area (Å²) in [6.45, 7) is 5.48. The Morgan fingerprint density at radius 3 is 2.90 bits per heavy atom. The van der Waals surface area contributed by atoms with Crippen LogP contribution in [0.4, 0.5) is 0 Å². The number of aromatic nitrogens is 1. The van der Waals surface area contributed by atoms with E-state index < -0.39 is 0 Å². The van der Waals surface area contributed by atoms with Gasteiger partial charge in [0.1, 0.15) is 5.69 Å². The van der Waals surface area contributed by atoms with Crippen molar-refractivity contribution in [2.24, 2.45) is 0 Å². The molecule has 0 saturated heterocycles. The molecule has 0 aliphatic rings. The molecule has 4 heteroatoms. The predicted molar refractivity (Wildman–Crippen MR) is 87.8 cm³/mol. The van der Waals surface area contributed by atoms with E-state index in [0.717, 1.165) is 28.0 Å². The van der Waals surface area contributed by atoms with Crippen molar-refractivity contribution in [1.29, 1.82) is 0 Å². The highest BCUT2D eigenvalue weighted by molar-refractivity contribution is 7.17. The molecule has 0 fully saturated rings. The summed E-state index contributed by atoms with van der Waals surface area (Å²) in [5.41, 5.74) is 4.22. The number of carbonyl (C=O) groups excluding carboxylic acids is 1. The highest BCUT2D eigenvalue weighted by Gasteiger charge is 2.15. The Hall–Kier alpha value is -2.07. The van der Waals surface area contributed by atoms with Gasteiger partial charge in [-0.1, -0.05) is 29.8 Å². The molecular weight excluding hydrogens is 280 g/mol. The summed E-state index contributed by atoms with van der Waals surface area (Å²) in [6.07, 6.45) is 0. The van der Waals surface area contributed by atoms with Crippen LogP contribution in [0.25, 0.3) is 10.2 Å². The van der Waals surface area contributed by atoms with Gasteiger partial charge in [0, 0.05) is 13.1 Å². The third-order valence-electron chi connectivity index (χ3n) is 3.61. The van der Waals surface area contributed by atoms with Crippen LogP contribution in [-0.4, -0.2) is 10.5 Å². The Morgan fingerprint density at radius 1 is 1.29 bits per heavy atom. The Bertz CT molecular complexity index is 785. The summed E-state index contributed by atoms with van der Waals surface area (Å²) in [7, 11) is 0. The number of thiophene rings is 1. The predicted octanol–water partition coefficient (Wildman–Crippen LogP) is 3.96. The lowest BCUT2D eigenvalue weighted by Crippen LogP contribution is -2.25. The number of hydrogen-bond donors (Lipinski definition) is 1. The van der Waals surface area contributed by atoms with E-state index in [1.165, 1.54) is 5.56 Å². The second-order valence-electron chi connectivity index (χ2n) is 5.12. The molecule has 0 radical (unpaired) electrons. The molecule has 0 aliphatic heterocycles. The number of amides is 1. The van der Waals surface area contributed by atoms with E-state index in [1.807, 2.05) is 18.2 Å². The molecule has 0 atom stereocenters. The smallest absolute Gasteiger partial charge is 0.268 e. The minimum absolute atomic E-state index is 0.0123. The van der Waals surface area contributed by atoms with Crippen LogP contribution in [0.3, 0.4) is 0 Å². The SMILES string of the molecule is CCn1c(C(=O)NCc2cccc(C)c2)cc2sccc21. The quantitative estimate of drug-likeness (QED) is 0.777. The van der Waals surface area contributed by atoms with Crippen molar-refractivity contribution >= 4 is 27.5 Å². The minimum atomic E-state index is -0.0123. The van der Waals surface area contributed by atoms with Crippen LogP contribution in [0, 0.1) is 6.92 Å². The maximum Gasteiger partial charge on any atom is 0.268 e. The fraction of sp³-hybridized carbons (Fsp3) is 0.235. The number of aryl methyl sites for hydroxylation is 2. The molecule has 3 aromatic rings. The number of benzene rings is 1. The molecule has 2 heterocycles. The zero-order valence-corrected chi connectivity index (χ0v) is 13.0. The normalized spacial score (nSPS) is 11.0. The molecule has 0 bridgehead atoms. The highest BCUT2D eigenvalue weighted by Crippen LogP contribution is 2.25. The fourth-order valence-corrected chi connectivity index (χ4v) is 3.42. The summed E-state index contributed by atoms with van der Waals surface area (Å²) >= 11 is 1.67. The molecule has 1 aromatic carbocycles. The molecular formula is C17H18N2OS. The lowest BCUT2D eigenvalue weighted by atomic mass is 10.1. The topological polar surface area (TPSA) is 34.0 Å². The van der Waals surface area contributed by atoms with Crippen molar-refractivity contribution in [3.05, 3.63) is 58.6 Å². The second kappa shape index (κ2) is 5.74. The average Bonchev–Trinajstić information content (AvgIpc) is 3.05. The second-order valence-corrected chi connectivity index (χ2v) is 6.06. The summed E-state index contributed by atoms with van der Waals surface area (Å²) in [6, 6.07) is 12.3. The minimum Gasteiger partial charge on any atom is -0.347 e. The molecule has 1 N–H and O–H groups in total. The number of rotatable bonds is 4. The van der Waals surface area contributed by atoms with Gasteiger partial charge >= 0.3 is 0 Å². The third-order valence-corrected chi connectivity index (χ3v) is 4.46. The van der Waals surface area contributed by atoms with Crippen LogP contribution in [0.15, 0.2) is 41.8 Å². The van der Waals surface area contributed by atoms with Gasteiger partial charge in [0.25, 0.3) is 5.91 Å². The summed E-state index contributed by atoms with van der Waals surface area (Å²) in [5, 5.41) is 5.07.